The highest BCUT2D eigenvalue weighted by atomic mass is 19.1. The van der Waals surface area contributed by atoms with Crippen LogP contribution >= 0.6 is 0 Å². The first-order valence-corrected chi connectivity index (χ1v) is 7.52. The summed E-state index contributed by atoms with van der Waals surface area (Å²) in [4.78, 5) is 0. The van der Waals surface area contributed by atoms with Crippen LogP contribution in [0.2, 0.25) is 0 Å². The lowest BCUT2D eigenvalue weighted by atomic mass is 9.80. The summed E-state index contributed by atoms with van der Waals surface area (Å²) in [5, 5.41) is 0. The molecule has 0 amide bonds. The van der Waals surface area contributed by atoms with E-state index in [-0.39, 0.29) is 5.82 Å². The van der Waals surface area contributed by atoms with Gasteiger partial charge in [0.25, 0.3) is 0 Å². The van der Waals surface area contributed by atoms with E-state index >= 15 is 0 Å². The minimum absolute atomic E-state index is 0.116. The fourth-order valence-electron chi connectivity index (χ4n) is 3.64. The summed E-state index contributed by atoms with van der Waals surface area (Å²) < 4.78 is 14.4. The fourth-order valence-corrected chi connectivity index (χ4v) is 3.64. The van der Waals surface area contributed by atoms with Crippen molar-refractivity contribution < 1.29 is 4.39 Å². The average molecular weight is 263 g/mol. The molecule has 0 spiro atoms. The zero-order valence-electron chi connectivity index (χ0n) is 12.4. The Bertz CT molecular complexity index is 432. The van der Waals surface area contributed by atoms with E-state index in [1.54, 1.807) is 6.07 Å². The predicted molar refractivity (Wildman–Crippen MR) is 78.6 cm³/mol. The van der Waals surface area contributed by atoms with Crippen molar-refractivity contribution in [2.45, 2.75) is 64.8 Å². The van der Waals surface area contributed by atoms with Crippen LogP contribution < -0.4 is 5.73 Å². The second-order valence-electron chi connectivity index (χ2n) is 6.30. The van der Waals surface area contributed by atoms with Crippen molar-refractivity contribution in [2.24, 2.45) is 11.7 Å². The Morgan fingerprint density at radius 2 is 2.00 bits per heavy atom. The lowest BCUT2D eigenvalue weighted by molar-refractivity contribution is 0.355. The van der Waals surface area contributed by atoms with Crippen LogP contribution in [0.1, 0.15) is 62.1 Å². The average Bonchev–Trinajstić information content (AvgIpc) is 2.50. The zero-order valence-corrected chi connectivity index (χ0v) is 12.4. The van der Waals surface area contributed by atoms with Gasteiger partial charge in [0.05, 0.1) is 0 Å². The molecule has 2 N–H and O–H groups in total. The second-order valence-corrected chi connectivity index (χ2v) is 6.30. The third-order valence-electron chi connectivity index (χ3n) is 4.74. The van der Waals surface area contributed by atoms with Gasteiger partial charge in [0.2, 0.25) is 0 Å². The molecule has 106 valence electrons. The van der Waals surface area contributed by atoms with E-state index in [4.69, 9.17) is 5.73 Å². The molecule has 1 aromatic carbocycles. The van der Waals surface area contributed by atoms with Crippen LogP contribution in [0.15, 0.2) is 12.1 Å². The molecule has 1 nitrogen and oxygen atoms in total. The van der Waals surface area contributed by atoms with Gasteiger partial charge in [-0.1, -0.05) is 32.3 Å². The van der Waals surface area contributed by atoms with Crippen molar-refractivity contribution in [2.75, 3.05) is 0 Å². The minimum Gasteiger partial charge on any atom is -0.321 e. The predicted octanol–water partition coefficient (Wildman–Crippen LogP) is 4.59. The Morgan fingerprint density at radius 3 is 2.63 bits per heavy atom. The first-order chi connectivity index (χ1) is 8.96. The normalized spacial score (nSPS) is 28.2. The largest absolute Gasteiger partial charge is 0.321 e. The zero-order chi connectivity index (χ0) is 14.0. The van der Waals surface area contributed by atoms with E-state index < -0.39 is 5.54 Å². The van der Waals surface area contributed by atoms with Crippen molar-refractivity contribution in [1.82, 2.24) is 0 Å². The van der Waals surface area contributed by atoms with Gasteiger partial charge in [-0.15, -0.1) is 0 Å². The molecule has 1 aromatic rings. The van der Waals surface area contributed by atoms with Crippen LogP contribution in [0, 0.1) is 25.6 Å². The van der Waals surface area contributed by atoms with Gasteiger partial charge in [0.15, 0.2) is 0 Å². The van der Waals surface area contributed by atoms with Crippen LogP contribution in [0.4, 0.5) is 4.39 Å². The van der Waals surface area contributed by atoms with Crippen LogP contribution in [0.5, 0.6) is 0 Å². The van der Waals surface area contributed by atoms with Crippen molar-refractivity contribution in [3.63, 3.8) is 0 Å². The molecule has 19 heavy (non-hydrogen) atoms. The molecule has 0 aliphatic heterocycles. The number of aryl methyl sites for hydroxylation is 2. The Hall–Kier alpha value is -0.890. The SMILES string of the molecule is CCC1CCCC(N)(c2c(C)cc(C)cc2F)CC1. The molecule has 0 heterocycles. The van der Waals surface area contributed by atoms with Crippen molar-refractivity contribution >= 4 is 0 Å². The molecule has 2 heteroatoms. The number of nitrogens with two attached hydrogens (primary N) is 1. The Kier molecular flexibility index (Phi) is 4.29. The molecule has 1 aliphatic carbocycles. The molecule has 1 saturated carbocycles. The number of hydrogen-bond donors (Lipinski definition) is 1. The number of halogens is 1. The van der Waals surface area contributed by atoms with Crippen LogP contribution in [-0.2, 0) is 5.54 Å². The third kappa shape index (κ3) is 3.00. The summed E-state index contributed by atoms with van der Waals surface area (Å²) in [5.41, 5.74) is 8.89. The van der Waals surface area contributed by atoms with E-state index in [9.17, 15) is 4.39 Å². The molecular weight excluding hydrogens is 237 g/mol. The molecule has 2 atom stereocenters. The Morgan fingerprint density at radius 1 is 1.26 bits per heavy atom. The van der Waals surface area contributed by atoms with Crippen molar-refractivity contribution in [1.29, 1.82) is 0 Å². The lowest BCUT2D eigenvalue weighted by Crippen LogP contribution is -2.38. The Balaban J connectivity index is 2.34. The molecule has 1 fully saturated rings. The minimum atomic E-state index is -0.466. The standard InChI is InChI=1S/C17H26FN/c1-4-14-6-5-8-17(19,9-7-14)16-13(3)10-12(2)11-15(16)18/h10-11,14H,4-9,19H2,1-3H3. The summed E-state index contributed by atoms with van der Waals surface area (Å²) in [6.45, 7) is 6.16. The first-order valence-electron chi connectivity index (χ1n) is 7.52. The molecule has 1 aliphatic rings. The number of benzene rings is 1. The van der Waals surface area contributed by atoms with Crippen molar-refractivity contribution in [3.05, 3.63) is 34.6 Å². The number of hydrogen-bond acceptors (Lipinski definition) is 1. The van der Waals surface area contributed by atoms with Gasteiger partial charge in [-0.25, -0.2) is 4.39 Å². The van der Waals surface area contributed by atoms with E-state index in [0.717, 1.165) is 48.3 Å². The van der Waals surface area contributed by atoms with E-state index in [0.29, 0.717) is 0 Å². The van der Waals surface area contributed by atoms with Gasteiger partial charge >= 0.3 is 0 Å². The van der Waals surface area contributed by atoms with E-state index in [2.05, 4.69) is 13.0 Å². The van der Waals surface area contributed by atoms with Crippen LogP contribution in [0.25, 0.3) is 0 Å². The van der Waals surface area contributed by atoms with Gasteiger partial charge in [0.1, 0.15) is 5.82 Å². The summed E-state index contributed by atoms with van der Waals surface area (Å²) in [7, 11) is 0. The van der Waals surface area contributed by atoms with Gasteiger partial charge in [0, 0.05) is 11.1 Å². The maximum atomic E-state index is 14.4. The van der Waals surface area contributed by atoms with Crippen molar-refractivity contribution in [3.8, 4) is 0 Å². The highest BCUT2D eigenvalue weighted by Gasteiger charge is 2.34. The molecule has 0 radical (unpaired) electrons. The second kappa shape index (κ2) is 5.62. The summed E-state index contributed by atoms with van der Waals surface area (Å²) in [5.74, 6) is 0.647. The van der Waals surface area contributed by atoms with E-state index in [1.807, 2.05) is 13.8 Å². The third-order valence-corrected chi connectivity index (χ3v) is 4.74. The van der Waals surface area contributed by atoms with Gasteiger partial charge in [-0.05, 0) is 56.2 Å². The highest BCUT2D eigenvalue weighted by Crippen LogP contribution is 2.39. The highest BCUT2D eigenvalue weighted by molar-refractivity contribution is 5.37. The van der Waals surface area contributed by atoms with E-state index in [1.165, 1.54) is 12.8 Å². The fraction of sp³-hybridized carbons (Fsp3) is 0.647. The van der Waals surface area contributed by atoms with Gasteiger partial charge in [-0.3, -0.25) is 0 Å². The molecular formula is C17H26FN. The maximum absolute atomic E-state index is 14.4. The topological polar surface area (TPSA) is 26.0 Å². The smallest absolute Gasteiger partial charge is 0.128 e. The molecule has 2 unspecified atom stereocenters. The summed E-state index contributed by atoms with van der Waals surface area (Å²) in [6, 6.07) is 3.67. The molecule has 0 bridgehead atoms. The monoisotopic (exact) mass is 263 g/mol. The molecule has 0 aromatic heterocycles. The molecule has 2 rings (SSSR count). The lowest BCUT2D eigenvalue weighted by Gasteiger charge is -2.31. The summed E-state index contributed by atoms with van der Waals surface area (Å²) >= 11 is 0. The number of rotatable bonds is 2. The van der Waals surface area contributed by atoms with Gasteiger partial charge in [-0.2, -0.15) is 0 Å². The van der Waals surface area contributed by atoms with Gasteiger partial charge < -0.3 is 5.73 Å². The van der Waals surface area contributed by atoms with Crippen LogP contribution in [-0.4, -0.2) is 0 Å². The maximum Gasteiger partial charge on any atom is 0.128 e. The Labute approximate surface area is 116 Å². The molecule has 0 saturated heterocycles. The first kappa shape index (κ1) is 14.5. The summed E-state index contributed by atoms with van der Waals surface area (Å²) in [6.07, 6.45) is 6.51. The van der Waals surface area contributed by atoms with Crippen LogP contribution in [0.3, 0.4) is 0 Å². The quantitative estimate of drug-likeness (QED) is 0.776.